The molecule has 182 valence electrons. The summed E-state index contributed by atoms with van der Waals surface area (Å²) in [7, 11) is -2.30. The minimum Gasteiger partial charge on any atom is -0.496 e. The average Bonchev–Trinajstić information content (AvgIpc) is 3.25. The number of ether oxygens (including phenoxy) is 1. The first kappa shape index (κ1) is 24.2. The fourth-order valence-corrected chi connectivity index (χ4v) is 6.06. The van der Waals surface area contributed by atoms with Crippen molar-refractivity contribution in [2.45, 2.75) is 43.4 Å². The molecular weight excluding hydrogens is 454 g/mol. The van der Waals surface area contributed by atoms with Gasteiger partial charge < -0.3 is 15.0 Å². The molecule has 0 radical (unpaired) electrons. The molecule has 0 saturated carbocycles. The highest BCUT2D eigenvalue weighted by Gasteiger charge is 2.28. The van der Waals surface area contributed by atoms with E-state index in [1.165, 1.54) is 29.6 Å². The summed E-state index contributed by atoms with van der Waals surface area (Å²) in [6, 6.07) is 11.2. The molecular formula is C25H31N3O5S. The Bertz CT molecular complexity index is 1150. The first-order valence-electron chi connectivity index (χ1n) is 11.8. The van der Waals surface area contributed by atoms with E-state index < -0.39 is 15.9 Å². The van der Waals surface area contributed by atoms with E-state index in [9.17, 15) is 18.0 Å². The second-order valence-electron chi connectivity index (χ2n) is 8.68. The van der Waals surface area contributed by atoms with Crippen molar-refractivity contribution in [1.29, 1.82) is 0 Å². The van der Waals surface area contributed by atoms with E-state index in [4.69, 9.17) is 4.74 Å². The molecule has 2 aliphatic heterocycles. The number of hydrogen-bond donors (Lipinski definition) is 1. The van der Waals surface area contributed by atoms with Crippen LogP contribution in [0.4, 0.5) is 5.69 Å². The number of carbonyl (C=O) groups excluding carboxylic acids is 2. The van der Waals surface area contributed by atoms with Crippen LogP contribution in [-0.4, -0.2) is 62.7 Å². The highest BCUT2D eigenvalue weighted by Crippen LogP contribution is 2.28. The Morgan fingerprint density at radius 2 is 1.50 bits per heavy atom. The van der Waals surface area contributed by atoms with Crippen molar-refractivity contribution in [3.8, 4) is 5.75 Å². The molecule has 2 aliphatic rings. The average molecular weight is 486 g/mol. The standard InChI is InChI=1S/C25H31N3O5S/c1-33-23-13-12-19(34(31,32)28-16-6-2-3-7-17-28)18-21(23)24(29)26-22-11-5-4-10-20(22)25(30)27-14-8-9-15-27/h4-5,10-13,18H,2-3,6-9,14-17H2,1H3,(H,26,29). The van der Waals surface area contributed by atoms with Gasteiger partial charge in [0.15, 0.2) is 0 Å². The van der Waals surface area contributed by atoms with Gasteiger partial charge in [-0.3, -0.25) is 9.59 Å². The Kier molecular flexibility index (Phi) is 7.53. The van der Waals surface area contributed by atoms with Crippen molar-refractivity contribution in [2.75, 3.05) is 38.6 Å². The molecule has 2 aromatic carbocycles. The normalized spacial score (nSPS) is 17.3. The van der Waals surface area contributed by atoms with Crippen molar-refractivity contribution in [3.63, 3.8) is 0 Å². The highest BCUT2D eigenvalue weighted by molar-refractivity contribution is 7.89. The van der Waals surface area contributed by atoms with E-state index in [0.29, 0.717) is 37.4 Å². The Hall–Kier alpha value is -2.91. The van der Waals surface area contributed by atoms with Gasteiger partial charge in [-0.2, -0.15) is 4.31 Å². The van der Waals surface area contributed by atoms with Crippen molar-refractivity contribution in [2.24, 2.45) is 0 Å². The van der Waals surface area contributed by atoms with Crippen LogP contribution in [0.25, 0.3) is 0 Å². The molecule has 2 aromatic rings. The van der Waals surface area contributed by atoms with Crippen molar-refractivity contribution in [1.82, 2.24) is 9.21 Å². The van der Waals surface area contributed by atoms with E-state index in [1.54, 1.807) is 29.2 Å². The number of sulfonamides is 1. The van der Waals surface area contributed by atoms with Gasteiger partial charge in [-0.15, -0.1) is 0 Å². The second-order valence-corrected chi connectivity index (χ2v) is 10.6. The minimum atomic E-state index is -3.73. The number of amides is 2. The van der Waals surface area contributed by atoms with Crippen LogP contribution in [0.2, 0.25) is 0 Å². The Balaban J connectivity index is 1.62. The predicted octanol–water partition coefficient (Wildman–Crippen LogP) is 3.75. The van der Waals surface area contributed by atoms with Crippen LogP contribution in [0.15, 0.2) is 47.4 Å². The van der Waals surface area contributed by atoms with Gasteiger partial charge >= 0.3 is 0 Å². The Morgan fingerprint density at radius 3 is 2.18 bits per heavy atom. The number of anilines is 1. The van der Waals surface area contributed by atoms with Crippen LogP contribution in [0, 0.1) is 0 Å². The number of methoxy groups -OCH3 is 1. The highest BCUT2D eigenvalue weighted by atomic mass is 32.2. The van der Waals surface area contributed by atoms with Gasteiger partial charge in [-0.25, -0.2) is 8.42 Å². The monoisotopic (exact) mass is 485 g/mol. The zero-order valence-corrected chi connectivity index (χ0v) is 20.3. The summed E-state index contributed by atoms with van der Waals surface area (Å²) in [5, 5.41) is 2.80. The number of likely N-dealkylation sites (tertiary alicyclic amines) is 1. The van der Waals surface area contributed by atoms with Crippen molar-refractivity contribution >= 4 is 27.5 Å². The van der Waals surface area contributed by atoms with Crippen LogP contribution in [-0.2, 0) is 10.0 Å². The maximum atomic E-state index is 13.3. The SMILES string of the molecule is COc1ccc(S(=O)(=O)N2CCCCCC2)cc1C(=O)Nc1ccccc1C(=O)N1CCCC1. The first-order chi connectivity index (χ1) is 16.4. The van der Waals surface area contributed by atoms with Crippen LogP contribution in [0.3, 0.4) is 0 Å². The number of rotatable bonds is 6. The maximum Gasteiger partial charge on any atom is 0.259 e. The van der Waals surface area contributed by atoms with Gasteiger partial charge in [0.25, 0.3) is 11.8 Å². The van der Waals surface area contributed by atoms with Gasteiger partial charge in [-0.05, 0) is 56.0 Å². The summed E-state index contributed by atoms with van der Waals surface area (Å²) in [4.78, 5) is 28.1. The number of benzene rings is 2. The molecule has 0 bridgehead atoms. The molecule has 1 N–H and O–H groups in total. The smallest absolute Gasteiger partial charge is 0.259 e. The lowest BCUT2D eigenvalue weighted by Crippen LogP contribution is -2.32. The minimum absolute atomic E-state index is 0.0572. The van der Waals surface area contributed by atoms with Crippen molar-refractivity contribution in [3.05, 3.63) is 53.6 Å². The van der Waals surface area contributed by atoms with Gasteiger partial charge in [0.1, 0.15) is 5.75 Å². The van der Waals surface area contributed by atoms with E-state index >= 15 is 0 Å². The third-order valence-corrected chi connectivity index (χ3v) is 8.31. The summed E-state index contributed by atoms with van der Waals surface area (Å²) in [5.41, 5.74) is 0.888. The van der Waals surface area contributed by atoms with Crippen LogP contribution < -0.4 is 10.1 Å². The molecule has 0 aliphatic carbocycles. The predicted molar refractivity (Wildman–Crippen MR) is 130 cm³/mol. The third-order valence-electron chi connectivity index (χ3n) is 6.42. The zero-order valence-electron chi connectivity index (χ0n) is 19.5. The molecule has 0 spiro atoms. The van der Waals surface area contributed by atoms with E-state index in [0.717, 1.165) is 38.5 Å². The second kappa shape index (κ2) is 10.6. The maximum absolute atomic E-state index is 13.3. The van der Waals surface area contributed by atoms with Crippen LogP contribution >= 0.6 is 0 Å². The molecule has 0 unspecified atom stereocenters. The zero-order chi connectivity index (χ0) is 24.1. The lowest BCUT2D eigenvalue weighted by Gasteiger charge is -2.21. The van der Waals surface area contributed by atoms with Crippen molar-refractivity contribution < 1.29 is 22.7 Å². The quantitative estimate of drug-likeness (QED) is 0.672. The van der Waals surface area contributed by atoms with Crippen LogP contribution in [0.5, 0.6) is 5.75 Å². The van der Waals surface area contributed by atoms with Gasteiger partial charge in [0, 0.05) is 26.2 Å². The fourth-order valence-electron chi connectivity index (χ4n) is 4.51. The summed E-state index contributed by atoms with van der Waals surface area (Å²) in [6.07, 6.45) is 5.61. The van der Waals surface area contributed by atoms with E-state index in [2.05, 4.69) is 5.32 Å². The first-order valence-corrected chi connectivity index (χ1v) is 13.2. The summed E-state index contributed by atoms with van der Waals surface area (Å²) < 4.78 is 33.4. The molecule has 2 amide bonds. The molecule has 4 rings (SSSR count). The number of nitrogens with one attached hydrogen (secondary N) is 1. The largest absolute Gasteiger partial charge is 0.496 e. The number of nitrogens with zero attached hydrogens (tertiary/aromatic N) is 2. The number of para-hydroxylation sites is 1. The Morgan fingerprint density at radius 1 is 0.853 bits per heavy atom. The lowest BCUT2D eigenvalue weighted by molar-refractivity contribution is 0.0794. The molecule has 2 heterocycles. The lowest BCUT2D eigenvalue weighted by atomic mass is 10.1. The molecule has 2 saturated heterocycles. The molecule has 2 fully saturated rings. The third kappa shape index (κ3) is 5.10. The molecule has 0 atom stereocenters. The van der Waals surface area contributed by atoms with Gasteiger partial charge in [0.2, 0.25) is 10.0 Å². The topological polar surface area (TPSA) is 96.0 Å². The molecule has 0 aromatic heterocycles. The van der Waals surface area contributed by atoms with E-state index in [-0.39, 0.29) is 22.1 Å². The summed E-state index contributed by atoms with van der Waals surface area (Å²) >= 11 is 0. The van der Waals surface area contributed by atoms with Crippen LogP contribution in [0.1, 0.15) is 59.2 Å². The molecule has 8 nitrogen and oxygen atoms in total. The number of carbonyl (C=O) groups is 2. The summed E-state index contributed by atoms with van der Waals surface area (Å²) in [6.45, 7) is 2.35. The Labute approximate surface area is 200 Å². The molecule has 34 heavy (non-hydrogen) atoms. The van der Waals surface area contributed by atoms with Gasteiger partial charge in [-0.1, -0.05) is 25.0 Å². The number of hydrogen-bond acceptors (Lipinski definition) is 5. The van der Waals surface area contributed by atoms with Gasteiger partial charge in [0.05, 0.1) is 28.8 Å². The van der Waals surface area contributed by atoms with E-state index in [1.807, 2.05) is 0 Å². The molecule has 9 heteroatoms. The summed E-state index contributed by atoms with van der Waals surface area (Å²) in [5.74, 6) is -0.403. The fraction of sp³-hybridized carbons (Fsp3) is 0.440.